The van der Waals surface area contributed by atoms with Gasteiger partial charge in [0.1, 0.15) is 0 Å². The van der Waals surface area contributed by atoms with E-state index in [2.05, 4.69) is 10.6 Å². The van der Waals surface area contributed by atoms with Gasteiger partial charge in [-0.15, -0.1) is 0 Å². The molecule has 2 amide bonds. The second-order valence-corrected chi connectivity index (χ2v) is 3.32. The average Bonchev–Trinajstić information content (AvgIpc) is 2.83. The van der Waals surface area contributed by atoms with E-state index in [0.717, 1.165) is 6.54 Å². The van der Waals surface area contributed by atoms with Crippen LogP contribution < -0.4 is 16.4 Å². The first-order chi connectivity index (χ1) is 6.18. The molecule has 0 aromatic heterocycles. The van der Waals surface area contributed by atoms with E-state index in [1.165, 1.54) is 12.8 Å². The maximum absolute atomic E-state index is 11.0. The van der Waals surface area contributed by atoms with Crippen LogP contribution in [-0.2, 0) is 9.59 Å². The normalized spacial score (nSPS) is 15.4. The number of nitrogens with two attached hydrogens (primary N) is 1. The van der Waals surface area contributed by atoms with Crippen LogP contribution in [0.3, 0.4) is 0 Å². The molecule has 74 valence electrons. The molecule has 0 aliphatic heterocycles. The number of hydrogen-bond acceptors (Lipinski definition) is 3. The van der Waals surface area contributed by atoms with Crippen molar-refractivity contribution in [3.05, 3.63) is 0 Å². The van der Waals surface area contributed by atoms with Gasteiger partial charge in [0.15, 0.2) is 0 Å². The van der Waals surface area contributed by atoms with Gasteiger partial charge >= 0.3 is 0 Å². The number of carbonyl (C=O) groups excluding carboxylic acids is 2. The minimum atomic E-state index is -0.449. The van der Waals surface area contributed by atoms with Crippen LogP contribution in [0, 0.1) is 5.92 Å². The molecule has 0 unspecified atom stereocenters. The molecule has 1 aliphatic rings. The van der Waals surface area contributed by atoms with Crippen molar-refractivity contribution in [3.8, 4) is 0 Å². The molecule has 4 N–H and O–H groups in total. The van der Waals surface area contributed by atoms with Crippen LogP contribution in [0.25, 0.3) is 0 Å². The van der Waals surface area contributed by atoms with Crippen molar-refractivity contribution in [2.45, 2.75) is 12.8 Å². The number of nitrogens with one attached hydrogen (secondary N) is 2. The molecule has 5 nitrogen and oxygen atoms in total. The quantitative estimate of drug-likeness (QED) is 0.475. The number of carbonyl (C=O) groups is 2. The smallest absolute Gasteiger partial charge is 0.233 e. The summed E-state index contributed by atoms with van der Waals surface area (Å²) in [6, 6.07) is 0. The fourth-order valence-corrected chi connectivity index (χ4v) is 0.942. The van der Waals surface area contributed by atoms with Crippen LogP contribution in [0.1, 0.15) is 12.8 Å². The standard InChI is InChI=1S/C8H15N3O2/c9-7(12)4-10-5-8(13)11-3-6-1-2-6/h6,10H,1-5H2,(H2,9,12)(H,11,13). The number of hydrogen-bond donors (Lipinski definition) is 3. The number of primary amides is 1. The molecule has 1 rings (SSSR count). The largest absolute Gasteiger partial charge is 0.369 e. The summed E-state index contributed by atoms with van der Waals surface area (Å²) in [5, 5.41) is 5.41. The van der Waals surface area contributed by atoms with Crippen molar-refractivity contribution in [3.63, 3.8) is 0 Å². The van der Waals surface area contributed by atoms with Crippen LogP contribution >= 0.6 is 0 Å². The molecule has 0 bridgehead atoms. The number of rotatable bonds is 6. The monoisotopic (exact) mass is 185 g/mol. The Labute approximate surface area is 77.1 Å². The molecule has 0 radical (unpaired) electrons. The van der Waals surface area contributed by atoms with E-state index in [-0.39, 0.29) is 19.0 Å². The van der Waals surface area contributed by atoms with E-state index in [4.69, 9.17) is 5.73 Å². The summed E-state index contributed by atoms with van der Waals surface area (Å²) in [6.07, 6.45) is 2.43. The highest BCUT2D eigenvalue weighted by molar-refractivity contribution is 5.80. The summed E-state index contributed by atoms with van der Waals surface area (Å²) in [5.41, 5.74) is 4.88. The van der Waals surface area contributed by atoms with Gasteiger partial charge in [-0.3, -0.25) is 14.9 Å². The summed E-state index contributed by atoms with van der Waals surface area (Å²) < 4.78 is 0. The molecule has 1 fully saturated rings. The lowest BCUT2D eigenvalue weighted by Crippen LogP contribution is -2.38. The van der Waals surface area contributed by atoms with Crippen molar-refractivity contribution in [1.82, 2.24) is 10.6 Å². The fraction of sp³-hybridized carbons (Fsp3) is 0.750. The summed E-state index contributed by atoms with van der Waals surface area (Å²) >= 11 is 0. The molecular weight excluding hydrogens is 170 g/mol. The second-order valence-electron chi connectivity index (χ2n) is 3.32. The Balaban J connectivity index is 1.93. The van der Waals surface area contributed by atoms with Crippen molar-refractivity contribution in [2.24, 2.45) is 11.7 Å². The van der Waals surface area contributed by atoms with Crippen LogP contribution in [0.5, 0.6) is 0 Å². The van der Waals surface area contributed by atoms with Crippen LogP contribution in [0.2, 0.25) is 0 Å². The predicted molar refractivity (Wildman–Crippen MR) is 47.8 cm³/mol. The van der Waals surface area contributed by atoms with E-state index < -0.39 is 5.91 Å². The van der Waals surface area contributed by atoms with Gasteiger partial charge in [-0.1, -0.05) is 0 Å². The summed E-state index contributed by atoms with van der Waals surface area (Å²) in [6.45, 7) is 0.976. The molecule has 1 aliphatic carbocycles. The molecule has 0 spiro atoms. The van der Waals surface area contributed by atoms with Crippen molar-refractivity contribution >= 4 is 11.8 Å². The van der Waals surface area contributed by atoms with Gasteiger partial charge in [0.05, 0.1) is 13.1 Å². The molecule has 13 heavy (non-hydrogen) atoms. The Morgan fingerprint density at radius 3 is 2.54 bits per heavy atom. The van der Waals surface area contributed by atoms with Gasteiger partial charge in [0, 0.05) is 6.54 Å². The fourth-order valence-electron chi connectivity index (χ4n) is 0.942. The highest BCUT2D eigenvalue weighted by atomic mass is 16.2. The van der Waals surface area contributed by atoms with Gasteiger partial charge < -0.3 is 11.1 Å². The van der Waals surface area contributed by atoms with Crippen LogP contribution in [0.4, 0.5) is 0 Å². The van der Waals surface area contributed by atoms with Crippen molar-refractivity contribution in [1.29, 1.82) is 0 Å². The van der Waals surface area contributed by atoms with E-state index in [1.807, 2.05) is 0 Å². The first kappa shape index (κ1) is 9.98. The van der Waals surface area contributed by atoms with Crippen LogP contribution in [-0.4, -0.2) is 31.4 Å². The lowest BCUT2D eigenvalue weighted by atomic mass is 10.4. The van der Waals surface area contributed by atoms with E-state index >= 15 is 0 Å². The zero-order valence-corrected chi connectivity index (χ0v) is 7.51. The lowest BCUT2D eigenvalue weighted by molar-refractivity contribution is -0.120. The van der Waals surface area contributed by atoms with E-state index in [9.17, 15) is 9.59 Å². The topological polar surface area (TPSA) is 84.2 Å². The predicted octanol–water partition coefficient (Wildman–Crippen LogP) is -1.41. The highest BCUT2D eigenvalue weighted by Gasteiger charge is 2.21. The minimum Gasteiger partial charge on any atom is -0.369 e. The van der Waals surface area contributed by atoms with Crippen molar-refractivity contribution in [2.75, 3.05) is 19.6 Å². The molecule has 0 saturated heterocycles. The summed E-state index contributed by atoms with van der Waals surface area (Å²) in [7, 11) is 0. The maximum Gasteiger partial charge on any atom is 0.233 e. The minimum absolute atomic E-state index is 0.0524. The third kappa shape index (κ3) is 5.19. The molecule has 0 atom stereocenters. The lowest BCUT2D eigenvalue weighted by Gasteiger charge is -2.03. The first-order valence-corrected chi connectivity index (χ1v) is 4.44. The van der Waals surface area contributed by atoms with E-state index in [0.29, 0.717) is 5.92 Å². The van der Waals surface area contributed by atoms with Crippen molar-refractivity contribution < 1.29 is 9.59 Å². The Morgan fingerprint density at radius 2 is 2.00 bits per heavy atom. The molecule has 1 saturated carbocycles. The molecule has 0 aromatic rings. The Bertz CT molecular complexity index is 202. The molecular formula is C8H15N3O2. The molecule has 0 aromatic carbocycles. The third-order valence-electron chi connectivity index (χ3n) is 1.87. The Hall–Kier alpha value is -1.10. The van der Waals surface area contributed by atoms with Gasteiger partial charge in [-0.2, -0.15) is 0 Å². The first-order valence-electron chi connectivity index (χ1n) is 4.44. The van der Waals surface area contributed by atoms with Gasteiger partial charge in [-0.25, -0.2) is 0 Å². The summed E-state index contributed by atoms with van der Waals surface area (Å²) in [4.78, 5) is 21.3. The zero-order chi connectivity index (χ0) is 9.68. The SMILES string of the molecule is NC(=O)CNCC(=O)NCC1CC1. The Kier molecular flexibility index (Phi) is 3.70. The van der Waals surface area contributed by atoms with Gasteiger partial charge in [0.2, 0.25) is 11.8 Å². The molecule has 5 heteroatoms. The summed E-state index contributed by atoms with van der Waals surface area (Å²) in [5.74, 6) is 0.156. The van der Waals surface area contributed by atoms with E-state index in [1.54, 1.807) is 0 Å². The maximum atomic E-state index is 11.0. The second kappa shape index (κ2) is 4.81. The average molecular weight is 185 g/mol. The molecule has 0 heterocycles. The van der Waals surface area contributed by atoms with Gasteiger partial charge in [0.25, 0.3) is 0 Å². The van der Waals surface area contributed by atoms with Gasteiger partial charge in [-0.05, 0) is 18.8 Å². The third-order valence-corrected chi connectivity index (χ3v) is 1.87. The zero-order valence-electron chi connectivity index (χ0n) is 7.51. The van der Waals surface area contributed by atoms with Crippen LogP contribution in [0.15, 0.2) is 0 Å². The highest BCUT2D eigenvalue weighted by Crippen LogP contribution is 2.27. The Morgan fingerprint density at radius 1 is 1.31 bits per heavy atom. The number of amides is 2.